The summed E-state index contributed by atoms with van der Waals surface area (Å²) in [5, 5.41) is 3.30. The van der Waals surface area contributed by atoms with Crippen molar-refractivity contribution in [2.45, 2.75) is 37.6 Å². The monoisotopic (exact) mass is 311 g/mol. The Balaban J connectivity index is 2.79. The molecule has 5 heteroatoms. The van der Waals surface area contributed by atoms with E-state index in [1.165, 1.54) is 0 Å². The number of carbonyl (C=O) groups excluding carboxylic acids is 1. The lowest BCUT2D eigenvalue weighted by Crippen LogP contribution is -2.52. The summed E-state index contributed by atoms with van der Waals surface area (Å²) in [5.41, 5.74) is -0.697. The van der Waals surface area contributed by atoms with Gasteiger partial charge in [0.05, 0.1) is 13.7 Å². The Labute approximate surface area is 131 Å². The summed E-state index contributed by atoms with van der Waals surface area (Å²) in [7, 11) is 1.65. The zero-order valence-corrected chi connectivity index (χ0v) is 14.1. The van der Waals surface area contributed by atoms with E-state index < -0.39 is 5.54 Å². The first-order chi connectivity index (χ1) is 10.1. The largest absolute Gasteiger partial charge is 0.496 e. The van der Waals surface area contributed by atoms with Crippen molar-refractivity contribution in [3.05, 3.63) is 24.3 Å². The zero-order chi connectivity index (χ0) is 15.7. The van der Waals surface area contributed by atoms with Crippen LogP contribution in [0.5, 0.6) is 5.75 Å². The molecule has 0 aromatic heterocycles. The molecule has 0 spiro atoms. The van der Waals surface area contributed by atoms with Crippen LogP contribution in [0.15, 0.2) is 29.2 Å². The van der Waals surface area contributed by atoms with Crippen molar-refractivity contribution in [1.82, 2.24) is 5.32 Å². The van der Waals surface area contributed by atoms with Gasteiger partial charge in [-0.3, -0.25) is 4.79 Å². The maximum Gasteiger partial charge on any atom is 0.326 e. The van der Waals surface area contributed by atoms with Gasteiger partial charge in [0.25, 0.3) is 0 Å². The Kier molecular flexibility index (Phi) is 7.61. The first kappa shape index (κ1) is 17.9. The van der Waals surface area contributed by atoms with Crippen LogP contribution in [0.4, 0.5) is 0 Å². The molecule has 118 valence electrons. The van der Waals surface area contributed by atoms with Crippen molar-refractivity contribution in [3.8, 4) is 5.75 Å². The van der Waals surface area contributed by atoms with E-state index in [9.17, 15) is 4.79 Å². The second kappa shape index (κ2) is 8.95. The van der Waals surface area contributed by atoms with Crippen LogP contribution in [0.1, 0.15) is 27.2 Å². The third kappa shape index (κ3) is 5.25. The van der Waals surface area contributed by atoms with Gasteiger partial charge in [0.15, 0.2) is 0 Å². The molecule has 0 saturated carbocycles. The third-order valence-corrected chi connectivity index (χ3v) is 4.45. The summed E-state index contributed by atoms with van der Waals surface area (Å²) in [5.74, 6) is 1.21. The van der Waals surface area contributed by atoms with Crippen LogP contribution >= 0.6 is 11.8 Å². The number of carbonyl (C=O) groups is 1. The second-order valence-corrected chi connectivity index (χ2v) is 5.94. The highest BCUT2D eigenvalue weighted by Crippen LogP contribution is 2.31. The highest BCUT2D eigenvalue weighted by Gasteiger charge is 2.34. The van der Waals surface area contributed by atoms with Gasteiger partial charge in [0, 0.05) is 10.6 Å². The lowest BCUT2D eigenvalue weighted by molar-refractivity contribution is -0.149. The highest BCUT2D eigenvalue weighted by molar-refractivity contribution is 7.99. The minimum absolute atomic E-state index is 0.208. The lowest BCUT2D eigenvalue weighted by atomic mass is 10.1. The van der Waals surface area contributed by atoms with Crippen molar-refractivity contribution in [2.75, 3.05) is 26.0 Å². The van der Waals surface area contributed by atoms with Gasteiger partial charge in [0.1, 0.15) is 11.3 Å². The number of methoxy groups -OCH3 is 1. The van der Waals surface area contributed by atoms with Gasteiger partial charge in [-0.25, -0.2) is 0 Å². The summed E-state index contributed by atoms with van der Waals surface area (Å²) in [6.07, 6.45) is 0.967. The number of hydrogen-bond donors (Lipinski definition) is 1. The number of benzene rings is 1. The molecule has 0 bridgehead atoms. The van der Waals surface area contributed by atoms with Crippen LogP contribution in [0.25, 0.3) is 0 Å². The number of hydrogen-bond acceptors (Lipinski definition) is 5. The number of nitrogens with one attached hydrogen (secondary N) is 1. The van der Waals surface area contributed by atoms with E-state index >= 15 is 0 Å². The van der Waals surface area contributed by atoms with Crippen molar-refractivity contribution in [1.29, 1.82) is 0 Å². The van der Waals surface area contributed by atoms with E-state index in [0.717, 1.165) is 23.6 Å². The summed E-state index contributed by atoms with van der Waals surface area (Å²) < 4.78 is 10.5. The first-order valence-electron chi connectivity index (χ1n) is 7.25. The Morgan fingerprint density at radius 1 is 1.33 bits per heavy atom. The van der Waals surface area contributed by atoms with Crippen LogP contribution in [0.3, 0.4) is 0 Å². The summed E-state index contributed by atoms with van der Waals surface area (Å²) in [6.45, 7) is 6.96. The van der Waals surface area contributed by atoms with Crippen LogP contribution in [-0.4, -0.2) is 37.5 Å². The molecule has 0 aliphatic rings. The number of para-hydroxylation sites is 1. The number of rotatable bonds is 9. The molecule has 0 amide bonds. The molecule has 1 atom stereocenters. The van der Waals surface area contributed by atoms with E-state index in [1.54, 1.807) is 18.9 Å². The van der Waals surface area contributed by atoms with Crippen molar-refractivity contribution >= 4 is 17.7 Å². The van der Waals surface area contributed by atoms with Crippen molar-refractivity contribution in [3.63, 3.8) is 0 Å². The number of thioether (sulfide) groups is 1. The molecule has 0 fully saturated rings. The molecule has 1 rings (SSSR count). The van der Waals surface area contributed by atoms with Gasteiger partial charge in [0.2, 0.25) is 0 Å². The molecule has 0 aliphatic carbocycles. The maximum absolute atomic E-state index is 12.2. The molecule has 0 saturated heterocycles. The summed E-state index contributed by atoms with van der Waals surface area (Å²) in [4.78, 5) is 13.2. The molecule has 4 nitrogen and oxygen atoms in total. The quantitative estimate of drug-likeness (QED) is 0.561. The molecule has 0 radical (unpaired) electrons. The Hall–Kier alpha value is -1.20. The fraction of sp³-hybridized carbons (Fsp3) is 0.562. The van der Waals surface area contributed by atoms with E-state index in [2.05, 4.69) is 12.2 Å². The van der Waals surface area contributed by atoms with E-state index in [-0.39, 0.29) is 5.97 Å². The zero-order valence-electron chi connectivity index (χ0n) is 13.3. The van der Waals surface area contributed by atoms with E-state index in [1.807, 2.05) is 38.1 Å². The topological polar surface area (TPSA) is 47.6 Å². The molecule has 1 aromatic rings. The molecule has 21 heavy (non-hydrogen) atoms. The maximum atomic E-state index is 12.2. The van der Waals surface area contributed by atoms with Gasteiger partial charge < -0.3 is 14.8 Å². The average Bonchev–Trinajstić information content (AvgIpc) is 2.51. The smallest absolute Gasteiger partial charge is 0.326 e. The van der Waals surface area contributed by atoms with Gasteiger partial charge in [-0.1, -0.05) is 19.1 Å². The number of esters is 1. The van der Waals surface area contributed by atoms with Gasteiger partial charge in [-0.15, -0.1) is 11.8 Å². The third-order valence-electron chi connectivity index (χ3n) is 3.08. The van der Waals surface area contributed by atoms with Gasteiger partial charge >= 0.3 is 5.97 Å². The molecular formula is C16H25NO3S. The predicted molar refractivity (Wildman–Crippen MR) is 87.0 cm³/mol. The fourth-order valence-electron chi connectivity index (χ4n) is 1.83. The highest BCUT2D eigenvalue weighted by atomic mass is 32.2. The van der Waals surface area contributed by atoms with Crippen LogP contribution in [0, 0.1) is 0 Å². The summed E-state index contributed by atoms with van der Waals surface area (Å²) >= 11 is 1.59. The minimum Gasteiger partial charge on any atom is -0.496 e. The van der Waals surface area contributed by atoms with E-state index in [4.69, 9.17) is 9.47 Å². The molecule has 1 aromatic carbocycles. The Bertz CT molecular complexity index is 453. The van der Waals surface area contributed by atoms with Crippen LogP contribution < -0.4 is 10.1 Å². The lowest BCUT2D eigenvalue weighted by Gasteiger charge is -2.28. The van der Waals surface area contributed by atoms with Crippen LogP contribution in [0.2, 0.25) is 0 Å². The van der Waals surface area contributed by atoms with E-state index in [0.29, 0.717) is 12.4 Å². The Morgan fingerprint density at radius 3 is 2.67 bits per heavy atom. The SMILES string of the molecule is CCCNC(C)(CSc1ccccc1OC)C(=O)OCC. The van der Waals surface area contributed by atoms with Crippen molar-refractivity contribution in [2.24, 2.45) is 0 Å². The van der Waals surface area contributed by atoms with Crippen molar-refractivity contribution < 1.29 is 14.3 Å². The predicted octanol–water partition coefficient (Wildman–Crippen LogP) is 3.11. The van der Waals surface area contributed by atoms with Gasteiger partial charge in [-0.2, -0.15) is 0 Å². The molecule has 0 aliphatic heterocycles. The summed E-state index contributed by atoms with van der Waals surface area (Å²) in [6, 6.07) is 7.81. The minimum atomic E-state index is -0.697. The standard InChI is InChI=1S/C16H25NO3S/c1-5-11-17-16(3,15(18)20-6-2)12-21-14-10-8-7-9-13(14)19-4/h7-10,17H,5-6,11-12H2,1-4H3. The first-order valence-corrected chi connectivity index (χ1v) is 8.24. The second-order valence-electron chi connectivity index (χ2n) is 4.92. The molecule has 0 heterocycles. The molecular weight excluding hydrogens is 286 g/mol. The normalized spacial score (nSPS) is 13.5. The number of ether oxygens (including phenoxy) is 2. The molecule has 1 N–H and O–H groups in total. The molecule has 1 unspecified atom stereocenters. The Morgan fingerprint density at radius 2 is 2.05 bits per heavy atom. The average molecular weight is 311 g/mol. The fourth-order valence-corrected chi connectivity index (χ4v) is 2.97. The van der Waals surface area contributed by atoms with Gasteiger partial charge in [-0.05, 0) is 38.9 Å². The van der Waals surface area contributed by atoms with Crippen LogP contribution in [-0.2, 0) is 9.53 Å².